The van der Waals surface area contributed by atoms with Gasteiger partial charge in [-0.3, -0.25) is 0 Å². The predicted octanol–water partition coefficient (Wildman–Crippen LogP) is 3.30. The molecule has 4 N–H and O–H groups in total. The van der Waals surface area contributed by atoms with E-state index < -0.39 is 0 Å². The lowest BCUT2D eigenvalue weighted by molar-refractivity contribution is 1.41. The van der Waals surface area contributed by atoms with Crippen molar-refractivity contribution in [3.05, 3.63) is 41.2 Å². The average Bonchev–Trinajstić information content (AvgIpc) is 2.67. The van der Waals surface area contributed by atoms with E-state index in [1.165, 1.54) is 0 Å². The summed E-state index contributed by atoms with van der Waals surface area (Å²) in [6, 6.07) is 5.62. The van der Waals surface area contributed by atoms with Crippen LogP contribution in [0, 0.1) is 6.92 Å². The van der Waals surface area contributed by atoms with E-state index in [9.17, 15) is 0 Å². The number of benzene rings is 1. The average molecular weight is 222 g/mol. The van der Waals surface area contributed by atoms with Crippen molar-refractivity contribution in [3.63, 3.8) is 0 Å². The van der Waals surface area contributed by atoms with Crippen molar-refractivity contribution in [2.75, 3.05) is 11.1 Å². The zero-order chi connectivity index (χ0) is 10.8. The van der Waals surface area contributed by atoms with E-state index in [1.807, 2.05) is 31.5 Å². The van der Waals surface area contributed by atoms with Gasteiger partial charge in [0.05, 0.1) is 17.1 Å². The molecule has 2 rings (SSSR count). The standard InChI is InChI=1S/C11H12ClN3/c1-7-4-11(10(13)5-9(7)12)15-8-2-3-14-6-8/h2-6,14-15H,13H2,1H3. The van der Waals surface area contributed by atoms with Crippen LogP contribution in [0.5, 0.6) is 0 Å². The molecule has 0 aliphatic heterocycles. The van der Waals surface area contributed by atoms with Gasteiger partial charge >= 0.3 is 0 Å². The highest BCUT2D eigenvalue weighted by Crippen LogP contribution is 2.28. The fourth-order valence-corrected chi connectivity index (χ4v) is 1.53. The summed E-state index contributed by atoms with van der Waals surface area (Å²) in [6.45, 7) is 1.95. The largest absolute Gasteiger partial charge is 0.397 e. The van der Waals surface area contributed by atoms with E-state index in [-0.39, 0.29) is 0 Å². The molecular weight excluding hydrogens is 210 g/mol. The highest BCUT2D eigenvalue weighted by atomic mass is 35.5. The summed E-state index contributed by atoms with van der Waals surface area (Å²) in [7, 11) is 0. The van der Waals surface area contributed by atoms with Gasteiger partial charge in [-0.05, 0) is 30.7 Å². The SMILES string of the molecule is Cc1cc(Nc2cc[nH]c2)c(N)cc1Cl. The molecule has 0 radical (unpaired) electrons. The summed E-state index contributed by atoms with van der Waals surface area (Å²) in [4.78, 5) is 2.97. The second-order valence-corrected chi connectivity index (χ2v) is 3.82. The maximum Gasteiger partial charge on any atom is 0.0622 e. The Labute approximate surface area is 93.3 Å². The highest BCUT2D eigenvalue weighted by Gasteiger charge is 2.03. The number of rotatable bonds is 2. The number of H-pyrrole nitrogens is 1. The second kappa shape index (κ2) is 3.87. The Hall–Kier alpha value is -1.61. The molecule has 0 saturated heterocycles. The van der Waals surface area contributed by atoms with Crippen LogP contribution in [0.2, 0.25) is 5.02 Å². The van der Waals surface area contributed by atoms with Crippen LogP contribution < -0.4 is 11.1 Å². The zero-order valence-corrected chi connectivity index (χ0v) is 9.10. The molecule has 2 aromatic rings. The zero-order valence-electron chi connectivity index (χ0n) is 8.34. The number of hydrogen-bond acceptors (Lipinski definition) is 2. The first-order chi connectivity index (χ1) is 7.16. The van der Waals surface area contributed by atoms with Gasteiger partial charge in [0.1, 0.15) is 0 Å². The van der Waals surface area contributed by atoms with Gasteiger partial charge in [-0.25, -0.2) is 0 Å². The molecule has 3 nitrogen and oxygen atoms in total. The van der Waals surface area contributed by atoms with E-state index in [2.05, 4.69) is 10.3 Å². The molecule has 15 heavy (non-hydrogen) atoms. The number of hydrogen-bond donors (Lipinski definition) is 3. The monoisotopic (exact) mass is 221 g/mol. The van der Waals surface area contributed by atoms with E-state index in [0.717, 1.165) is 16.9 Å². The molecule has 0 spiro atoms. The van der Waals surface area contributed by atoms with Crippen LogP contribution in [0.3, 0.4) is 0 Å². The molecule has 0 aliphatic carbocycles. The van der Waals surface area contributed by atoms with Gasteiger partial charge in [-0.15, -0.1) is 0 Å². The van der Waals surface area contributed by atoms with Gasteiger partial charge < -0.3 is 16.0 Å². The topological polar surface area (TPSA) is 53.8 Å². The molecule has 0 amide bonds. The van der Waals surface area contributed by atoms with Crippen LogP contribution in [0.4, 0.5) is 17.1 Å². The first-order valence-electron chi connectivity index (χ1n) is 4.62. The third-order valence-corrected chi connectivity index (χ3v) is 2.61. The quantitative estimate of drug-likeness (QED) is 0.682. The van der Waals surface area contributed by atoms with Crippen molar-refractivity contribution >= 4 is 28.7 Å². The number of nitrogen functional groups attached to an aromatic ring is 1. The number of aromatic nitrogens is 1. The third kappa shape index (κ3) is 2.07. The van der Waals surface area contributed by atoms with Crippen molar-refractivity contribution in [2.45, 2.75) is 6.92 Å². The Morgan fingerprint density at radius 2 is 2.20 bits per heavy atom. The normalized spacial score (nSPS) is 10.3. The molecule has 0 unspecified atom stereocenters. The third-order valence-electron chi connectivity index (χ3n) is 2.21. The summed E-state index contributed by atoms with van der Waals surface area (Å²) >= 11 is 5.95. The van der Waals surface area contributed by atoms with Gasteiger partial charge in [0, 0.05) is 17.4 Å². The Morgan fingerprint density at radius 3 is 2.87 bits per heavy atom. The fraction of sp³-hybridized carbons (Fsp3) is 0.0909. The van der Waals surface area contributed by atoms with Crippen LogP contribution in [0.1, 0.15) is 5.56 Å². The molecule has 78 valence electrons. The minimum atomic E-state index is 0.645. The number of nitrogens with two attached hydrogens (primary N) is 1. The summed E-state index contributed by atoms with van der Waals surface area (Å²) in [5, 5.41) is 3.89. The number of aromatic amines is 1. The van der Waals surface area contributed by atoms with Gasteiger partial charge in [0.25, 0.3) is 0 Å². The van der Waals surface area contributed by atoms with Crippen LogP contribution in [-0.2, 0) is 0 Å². The van der Waals surface area contributed by atoms with Crippen molar-refractivity contribution in [1.29, 1.82) is 0 Å². The summed E-state index contributed by atoms with van der Waals surface area (Å²) in [6.07, 6.45) is 3.71. The summed E-state index contributed by atoms with van der Waals surface area (Å²) in [5.74, 6) is 0. The molecule has 0 aliphatic rings. The second-order valence-electron chi connectivity index (χ2n) is 3.41. The first-order valence-corrected chi connectivity index (χ1v) is 5.00. The van der Waals surface area contributed by atoms with E-state index in [0.29, 0.717) is 10.7 Å². The van der Waals surface area contributed by atoms with Crippen LogP contribution in [-0.4, -0.2) is 4.98 Å². The number of anilines is 3. The van der Waals surface area contributed by atoms with E-state index >= 15 is 0 Å². The van der Waals surface area contributed by atoms with Gasteiger partial charge in [0.2, 0.25) is 0 Å². The Morgan fingerprint density at radius 1 is 1.40 bits per heavy atom. The maximum atomic E-state index is 5.95. The molecule has 4 heteroatoms. The molecule has 1 heterocycles. The lowest BCUT2D eigenvalue weighted by Crippen LogP contribution is -1.96. The lowest BCUT2D eigenvalue weighted by atomic mass is 10.2. The summed E-state index contributed by atoms with van der Waals surface area (Å²) in [5.41, 5.74) is 9.35. The minimum absolute atomic E-state index is 0.645. The smallest absolute Gasteiger partial charge is 0.0622 e. The molecule has 0 bridgehead atoms. The number of aryl methyl sites for hydroxylation is 1. The van der Waals surface area contributed by atoms with E-state index in [1.54, 1.807) is 6.07 Å². The van der Waals surface area contributed by atoms with Crippen LogP contribution in [0.15, 0.2) is 30.6 Å². The molecule has 0 fully saturated rings. The Bertz CT molecular complexity index is 463. The van der Waals surface area contributed by atoms with Gasteiger partial charge in [-0.1, -0.05) is 11.6 Å². The van der Waals surface area contributed by atoms with Gasteiger partial charge in [-0.2, -0.15) is 0 Å². The lowest BCUT2D eigenvalue weighted by Gasteiger charge is -2.09. The molecule has 1 aromatic heterocycles. The van der Waals surface area contributed by atoms with Crippen LogP contribution in [0.25, 0.3) is 0 Å². The van der Waals surface area contributed by atoms with Crippen molar-refractivity contribution in [3.8, 4) is 0 Å². The van der Waals surface area contributed by atoms with Crippen molar-refractivity contribution in [1.82, 2.24) is 4.98 Å². The Kier molecular flexibility index (Phi) is 2.56. The number of nitrogens with one attached hydrogen (secondary N) is 2. The van der Waals surface area contributed by atoms with Gasteiger partial charge in [0.15, 0.2) is 0 Å². The minimum Gasteiger partial charge on any atom is -0.397 e. The van der Waals surface area contributed by atoms with Crippen molar-refractivity contribution in [2.24, 2.45) is 0 Å². The predicted molar refractivity (Wildman–Crippen MR) is 64.7 cm³/mol. The first kappa shape index (κ1) is 9.93. The number of halogens is 1. The molecular formula is C11H12ClN3. The maximum absolute atomic E-state index is 5.95. The summed E-state index contributed by atoms with van der Waals surface area (Å²) < 4.78 is 0. The van der Waals surface area contributed by atoms with Crippen LogP contribution >= 0.6 is 11.6 Å². The highest BCUT2D eigenvalue weighted by molar-refractivity contribution is 6.31. The fourth-order valence-electron chi connectivity index (χ4n) is 1.36. The van der Waals surface area contributed by atoms with Crippen molar-refractivity contribution < 1.29 is 0 Å². The van der Waals surface area contributed by atoms with E-state index in [4.69, 9.17) is 17.3 Å². The Balaban J connectivity index is 2.33. The molecule has 1 aromatic carbocycles. The molecule has 0 saturated carbocycles. The molecule has 0 atom stereocenters.